The number of nitrogens with two attached hydrogens (primary N) is 1. The van der Waals surface area contributed by atoms with Gasteiger partial charge >= 0.3 is 0 Å². The highest BCUT2D eigenvalue weighted by atomic mass is 35.5. The van der Waals surface area contributed by atoms with Crippen LogP contribution in [0.4, 0.5) is 5.69 Å². The zero-order chi connectivity index (χ0) is 14.7. The van der Waals surface area contributed by atoms with Crippen molar-refractivity contribution in [1.29, 1.82) is 0 Å². The first-order valence-corrected chi connectivity index (χ1v) is 6.44. The summed E-state index contributed by atoms with van der Waals surface area (Å²) in [6.45, 7) is 2.30. The Morgan fingerprint density at radius 1 is 1.45 bits per heavy atom. The molecule has 2 aromatic rings. The highest BCUT2D eigenvalue weighted by molar-refractivity contribution is 6.32. The molecule has 1 amide bonds. The van der Waals surface area contributed by atoms with E-state index < -0.39 is 0 Å². The van der Waals surface area contributed by atoms with Gasteiger partial charge in [0.2, 0.25) is 0 Å². The van der Waals surface area contributed by atoms with Crippen molar-refractivity contribution in [2.45, 2.75) is 13.5 Å². The van der Waals surface area contributed by atoms with E-state index in [-0.39, 0.29) is 11.1 Å². The van der Waals surface area contributed by atoms with Crippen LogP contribution in [0.1, 0.15) is 21.7 Å². The molecule has 0 aliphatic carbocycles. The van der Waals surface area contributed by atoms with Gasteiger partial charge in [-0.3, -0.25) is 9.78 Å². The van der Waals surface area contributed by atoms with Crippen molar-refractivity contribution in [2.24, 2.45) is 0 Å². The van der Waals surface area contributed by atoms with Gasteiger partial charge in [0, 0.05) is 12.7 Å². The van der Waals surface area contributed by atoms with Crippen molar-refractivity contribution >= 4 is 23.2 Å². The molecule has 0 radical (unpaired) electrons. The number of aryl methyl sites for hydroxylation is 1. The number of nitrogen functional groups attached to an aromatic ring is 1. The molecule has 0 bridgehead atoms. The van der Waals surface area contributed by atoms with E-state index in [1.807, 2.05) is 25.1 Å². The Morgan fingerprint density at radius 2 is 2.20 bits per heavy atom. The van der Waals surface area contributed by atoms with Crippen molar-refractivity contribution in [3.8, 4) is 0 Å². The van der Waals surface area contributed by atoms with Crippen LogP contribution in [0, 0.1) is 6.92 Å². The number of nitrogens with zero attached hydrogens (tertiary/aromatic N) is 3. The van der Waals surface area contributed by atoms with Crippen LogP contribution in [0.25, 0.3) is 0 Å². The monoisotopic (exact) mass is 290 g/mol. The van der Waals surface area contributed by atoms with Gasteiger partial charge in [0.05, 0.1) is 29.7 Å². The maximum absolute atomic E-state index is 12.3. The lowest BCUT2D eigenvalue weighted by Gasteiger charge is -2.17. The zero-order valence-corrected chi connectivity index (χ0v) is 12.1. The lowest BCUT2D eigenvalue weighted by atomic mass is 10.2. The molecule has 104 valence electrons. The van der Waals surface area contributed by atoms with E-state index in [0.717, 1.165) is 11.4 Å². The van der Waals surface area contributed by atoms with Gasteiger partial charge in [-0.25, -0.2) is 4.98 Å². The van der Waals surface area contributed by atoms with Crippen LogP contribution in [-0.2, 0) is 6.54 Å². The number of carbonyl (C=O) groups excluding carboxylic acids is 1. The Morgan fingerprint density at radius 3 is 2.90 bits per heavy atom. The molecular weight excluding hydrogens is 276 g/mol. The van der Waals surface area contributed by atoms with E-state index in [1.165, 1.54) is 17.2 Å². The van der Waals surface area contributed by atoms with E-state index in [0.29, 0.717) is 17.8 Å². The number of aromatic nitrogens is 2. The quantitative estimate of drug-likeness (QED) is 0.880. The number of anilines is 1. The van der Waals surface area contributed by atoms with Crippen molar-refractivity contribution in [3.05, 3.63) is 52.6 Å². The standard InChI is InChI=1S/C14H15ClN4O/c1-9-4-3-5-11(18-9)8-19(2)14(20)12-6-10(16)7-17-13(12)15/h3-7H,8,16H2,1-2H3. The summed E-state index contributed by atoms with van der Waals surface area (Å²) in [5.41, 5.74) is 8.05. The van der Waals surface area contributed by atoms with E-state index in [9.17, 15) is 4.79 Å². The van der Waals surface area contributed by atoms with Gasteiger partial charge in [-0.2, -0.15) is 0 Å². The first-order chi connectivity index (χ1) is 9.47. The van der Waals surface area contributed by atoms with Crippen LogP contribution >= 0.6 is 11.6 Å². The van der Waals surface area contributed by atoms with Crippen molar-refractivity contribution in [3.63, 3.8) is 0 Å². The first-order valence-electron chi connectivity index (χ1n) is 6.06. The summed E-state index contributed by atoms with van der Waals surface area (Å²) in [7, 11) is 1.69. The topological polar surface area (TPSA) is 72.1 Å². The molecule has 2 heterocycles. The lowest BCUT2D eigenvalue weighted by molar-refractivity contribution is 0.0783. The normalized spacial score (nSPS) is 10.3. The smallest absolute Gasteiger partial charge is 0.257 e. The molecule has 0 aliphatic rings. The number of amides is 1. The lowest BCUT2D eigenvalue weighted by Crippen LogP contribution is -2.27. The van der Waals surface area contributed by atoms with E-state index in [4.69, 9.17) is 17.3 Å². The van der Waals surface area contributed by atoms with Gasteiger partial charge in [-0.15, -0.1) is 0 Å². The maximum atomic E-state index is 12.3. The summed E-state index contributed by atoms with van der Waals surface area (Å²) in [5, 5.41) is 0.147. The molecule has 0 saturated heterocycles. The molecule has 0 aromatic carbocycles. The second-order valence-corrected chi connectivity index (χ2v) is 4.90. The molecule has 0 fully saturated rings. The van der Waals surface area contributed by atoms with Crippen LogP contribution in [0.2, 0.25) is 5.15 Å². The molecule has 5 nitrogen and oxygen atoms in total. The van der Waals surface area contributed by atoms with Gasteiger partial charge in [0.25, 0.3) is 5.91 Å². The van der Waals surface area contributed by atoms with Gasteiger partial charge in [0.15, 0.2) is 0 Å². The molecule has 0 unspecified atom stereocenters. The summed E-state index contributed by atoms with van der Waals surface area (Å²) in [6, 6.07) is 7.21. The number of carbonyl (C=O) groups is 1. The summed E-state index contributed by atoms with van der Waals surface area (Å²) < 4.78 is 0. The Balaban J connectivity index is 2.18. The Kier molecular flexibility index (Phi) is 4.20. The Labute approximate surface area is 122 Å². The van der Waals surface area contributed by atoms with Crippen molar-refractivity contribution in [2.75, 3.05) is 12.8 Å². The second kappa shape index (κ2) is 5.88. The van der Waals surface area contributed by atoms with E-state index in [1.54, 1.807) is 7.05 Å². The van der Waals surface area contributed by atoms with Crippen LogP contribution in [0.15, 0.2) is 30.5 Å². The fourth-order valence-corrected chi connectivity index (χ4v) is 2.01. The number of pyridine rings is 2. The highest BCUT2D eigenvalue weighted by Gasteiger charge is 2.17. The van der Waals surface area contributed by atoms with E-state index >= 15 is 0 Å². The van der Waals surface area contributed by atoms with Gasteiger partial charge in [0.1, 0.15) is 5.15 Å². The summed E-state index contributed by atoms with van der Waals surface area (Å²) in [4.78, 5) is 22.1. The molecule has 6 heteroatoms. The number of hydrogen-bond acceptors (Lipinski definition) is 4. The molecule has 2 N–H and O–H groups in total. The minimum absolute atomic E-state index is 0.147. The summed E-state index contributed by atoms with van der Waals surface area (Å²) in [5.74, 6) is -0.238. The molecule has 0 aliphatic heterocycles. The second-order valence-electron chi connectivity index (χ2n) is 4.54. The highest BCUT2D eigenvalue weighted by Crippen LogP contribution is 2.18. The third-order valence-electron chi connectivity index (χ3n) is 2.78. The fraction of sp³-hybridized carbons (Fsp3) is 0.214. The molecule has 2 aromatic heterocycles. The Hall–Kier alpha value is -2.14. The average Bonchev–Trinajstić information content (AvgIpc) is 2.40. The van der Waals surface area contributed by atoms with Crippen LogP contribution in [-0.4, -0.2) is 27.8 Å². The Bertz CT molecular complexity index is 645. The number of hydrogen-bond donors (Lipinski definition) is 1. The minimum Gasteiger partial charge on any atom is -0.397 e. The third kappa shape index (κ3) is 3.24. The van der Waals surface area contributed by atoms with Crippen molar-refractivity contribution in [1.82, 2.24) is 14.9 Å². The van der Waals surface area contributed by atoms with Gasteiger partial charge in [-0.05, 0) is 25.1 Å². The number of rotatable bonds is 3. The predicted molar refractivity (Wildman–Crippen MR) is 78.4 cm³/mol. The fourth-order valence-electron chi connectivity index (χ4n) is 1.82. The average molecular weight is 291 g/mol. The molecular formula is C14H15ClN4O. The largest absolute Gasteiger partial charge is 0.397 e. The third-order valence-corrected chi connectivity index (χ3v) is 3.08. The first kappa shape index (κ1) is 14.3. The molecule has 0 spiro atoms. The van der Waals surface area contributed by atoms with Crippen LogP contribution < -0.4 is 5.73 Å². The van der Waals surface area contributed by atoms with Gasteiger partial charge < -0.3 is 10.6 Å². The summed E-state index contributed by atoms with van der Waals surface area (Å²) >= 11 is 5.93. The van der Waals surface area contributed by atoms with E-state index in [2.05, 4.69) is 9.97 Å². The van der Waals surface area contributed by atoms with Gasteiger partial charge in [-0.1, -0.05) is 17.7 Å². The number of halogens is 1. The molecule has 0 saturated carbocycles. The SMILES string of the molecule is Cc1cccc(CN(C)C(=O)c2cc(N)cnc2Cl)n1. The minimum atomic E-state index is -0.238. The van der Waals surface area contributed by atoms with Crippen LogP contribution in [0.3, 0.4) is 0 Å². The maximum Gasteiger partial charge on any atom is 0.257 e. The van der Waals surface area contributed by atoms with Crippen molar-refractivity contribution < 1.29 is 4.79 Å². The molecule has 20 heavy (non-hydrogen) atoms. The summed E-state index contributed by atoms with van der Waals surface area (Å²) in [6.07, 6.45) is 1.42. The van der Waals surface area contributed by atoms with Crippen LogP contribution in [0.5, 0.6) is 0 Å². The zero-order valence-electron chi connectivity index (χ0n) is 11.3. The molecule has 2 rings (SSSR count). The molecule has 0 atom stereocenters. The predicted octanol–water partition coefficient (Wildman–Crippen LogP) is 2.29.